The Morgan fingerprint density at radius 2 is 1.63 bits per heavy atom. The molecule has 1 atom stereocenters. The SMILES string of the molecule is CC(NC(=O)c1ccc(-c2ccc(F)cc2)o1)c1ccc(S(C)(=O)=O)cc1. The van der Waals surface area contributed by atoms with E-state index in [1.807, 2.05) is 0 Å². The van der Waals surface area contributed by atoms with E-state index in [1.54, 1.807) is 43.3 Å². The Bertz CT molecular complexity index is 1050. The number of benzene rings is 2. The van der Waals surface area contributed by atoms with E-state index in [4.69, 9.17) is 4.42 Å². The molecule has 1 heterocycles. The molecule has 0 fully saturated rings. The highest BCUT2D eigenvalue weighted by Crippen LogP contribution is 2.23. The van der Waals surface area contributed by atoms with Crippen molar-refractivity contribution in [3.8, 4) is 11.3 Å². The van der Waals surface area contributed by atoms with Crippen molar-refractivity contribution in [2.24, 2.45) is 0 Å². The maximum Gasteiger partial charge on any atom is 0.287 e. The molecule has 0 aliphatic carbocycles. The normalized spacial score (nSPS) is 12.6. The van der Waals surface area contributed by atoms with Crippen molar-refractivity contribution in [2.45, 2.75) is 17.9 Å². The number of furan rings is 1. The van der Waals surface area contributed by atoms with Crippen LogP contribution in [0.2, 0.25) is 0 Å². The predicted molar refractivity (Wildman–Crippen MR) is 99.5 cm³/mol. The fourth-order valence-corrected chi connectivity index (χ4v) is 3.21. The lowest BCUT2D eigenvalue weighted by Crippen LogP contribution is -2.26. The summed E-state index contributed by atoms with van der Waals surface area (Å²) >= 11 is 0. The van der Waals surface area contributed by atoms with Gasteiger partial charge in [-0.1, -0.05) is 12.1 Å². The van der Waals surface area contributed by atoms with Crippen molar-refractivity contribution in [3.63, 3.8) is 0 Å². The van der Waals surface area contributed by atoms with E-state index >= 15 is 0 Å². The topological polar surface area (TPSA) is 76.4 Å². The Kier molecular flexibility index (Phi) is 5.14. The van der Waals surface area contributed by atoms with Gasteiger partial charge in [0.1, 0.15) is 11.6 Å². The first-order chi connectivity index (χ1) is 12.7. The first-order valence-electron chi connectivity index (χ1n) is 8.21. The summed E-state index contributed by atoms with van der Waals surface area (Å²) in [5.41, 5.74) is 1.43. The van der Waals surface area contributed by atoms with E-state index in [-0.39, 0.29) is 22.5 Å². The number of sulfone groups is 1. The largest absolute Gasteiger partial charge is 0.451 e. The number of halogens is 1. The summed E-state index contributed by atoms with van der Waals surface area (Å²) in [7, 11) is -3.26. The zero-order valence-electron chi connectivity index (χ0n) is 14.8. The van der Waals surface area contributed by atoms with Gasteiger partial charge in [0.2, 0.25) is 0 Å². The van der Waals surface area contributed by atoms with Gasteiger partial charge in [-0.05, 0) is 61.0 Å². The first kappa shape index (κ1) is 18.8. The number of amides is 1. The number of nitrogens with one attached hydrogen (secondary N) is 1. The van der Waals surface area contributed by atoms with Gasteiger partial charge in [-0.2, -0.15) is 0 Å². The van der Waals surface area contributed by atoms with Gasteiger partial charge in [0, 0.05) is 11.8 Å². The molecular weight excluding hydrogens is 369 g/mol. The zero-order chi connectivity index (χ0) is 19.6. The van der Waals surface area contributed by atoms with Crippen molar-refractivity contribution in [1.82, 2.24) is 5.32 Å². The average molecular weight is 387 g/mol. The summed E-state index contributed by atoms with van der Waals surface area (Å²) in [5, 5.41) is 2.80. The summed E-state index contributed by atoms with van der Waals surface area (Å²) < 4.78 is 41.6. The van der Waals surface area contributed by atoms with E-state index in [1.165, 1.54) is 24.3 Å². The quantitative estimate of drug-likeness (QED) is 0.718. The summed E-state index contributed by atoms with van der Waals surface area (Å²) in [6.07, 6.45) is 1.14. The third-order valence-corrected chi connectivity index (χ3v) is 5.24. The number of carbonyl (C=O) groups excluding carboxylic acids is 1. The standard InChI is InChI=1S/C20H18FNO4S/c1-13(14-5-9-17(10-6-14)27(2,24)25)22-20(23)19-12-11-18(26-19)15-3-7-16(21)8-4-15/h3-13H,1-2H3,(H,22,23). The Morgan fingerprint density at radius 3 is 2.22 bits per heavy atom. The number of hydrogen-bond acceptors (Lipinski definition) is 4. The van der Waals surface area contributed by atoms with Crippen LogP contribution >= 0.6 is 0 Å². The van der Waals surface area contributed by atoms with E-state index in [9.17, 15) is 17.6 Å². The first-order valence-corrected chi connectivity index (χ1v) is 10.1. The van der Waals surface area contributed by atoms with E-state index in [2.05, 4.69) is 5.32 Å². The molecule has 0 aliphatic heterocycles. The van der Waals surface area contributed by atoms with E-state index in [0.29, 0.717) is 11.3 Å². The van der Waals surface area contributed by atoms with E-state index < -0.39 is 15.7 Å². The van der Waals surface area contributed by atoms with Crippen LogP contribution in [0.4, 0.5) is 4.39 Å². The fraction of sp³-hybridized carbons (Fsp3) is 0.150. The van der Waals surface area contributed by atoms with Crippen LogP contribution in [0, 0.1) is 5.82 Å². The fourth-order valence-electron chi connectivity index (χ4n) is 2.58. The molecule has 1 unspecified atom stereocenters. The maximum absolute atomic E-state index is 13.0. The Morgan fingerprint density at radius 1 is 1.00 bits per heavy atom. The maximum atomic E-state index is 13.0. The summed E-state index contributed by atoms with van der Waals surface area (Å²) in [4.78, 5) is 12.6. The van der Waals surface area contributed by atoms with Crippen molar-refractivity contribution in [1.29, 1.82) is 0 Å². The lowest BCUT2D eigenvalue weighted by Gasteiger charge is -2.13. The van der Waals surface area contributed by atoms with Crippen LogP contribution in [0.5, 0.6) is 0 Å². The molecule has 2 aromatic carbocycles. The molecule has 7 heteroatoms. The minimum absolute atomic E-state index is 0.133. The summed E-state index contributed by atoms with van der Waals surface area (Å²) in [6.45, 7) is 1.79. The molecule has 3 rings (SSSR count). The van der Waals surface area contributed by atoms with Crippen molar-refractivity contribution in [2.75, 3.05) is 6.26 Å². The lowest BCUT2D eigenvalue weighted by molar-refractivity contribution is 0.0912. The molecule has 0 saturated heterocycles. The molecule has 27 heavy (non-hydrogen) atoms. The molecule has 1 N–H and O–H groups in total. The summed E-state index contributed by atoms with van der Waals surface area (Å²) in [6, 6.07) is 15.0. The molecule has 1 amide bonds. The molecule has 5 nitrogen and oxygen atoms in total. The van der Waals surface area contributed by atoms with Crippen molar-refractivity contribution in [3.05, 3.63) is 77.8 Å². The highest BCUT2D eigenvalue weighted by molar-refractivity contribution is 7.90. The second-order valence-corrected chi connectivity index (χ2v) is 8.22. The van der Waals surface area contributed by atoms with Gasteiger partial charge in [-0.25, -0.2) is 12.8 Å². The molecule has 0 spiro atoms. The smallest absolute Gasteiger partial charge is 0.287 e. The Hall–Kier alpha value is -2.93. The van der Waals surface area contributed by atoms with Gasteiger partial charge in [0.25, 0.3) is 5.91 Å². The summed E-state index contributed by atoms with van der Waals surface area (Å²) in [5.74, 6) is -0.152. The van der Waals surface area contributed by atoms with Gasteiger partial charge in [-0.3, -0.25) is 4.79 Å². The van der Waals surface area contributed by atoms with Crippen LogP contribution in [0.25, 0.3) is 11.3 Å². The van der Waals surface area contributed by atoms with Crippen LogP contribution in [0.3, 0.4) is 0 Å². The van der Waals surface area contributed by atoms with E-state index in [0.717, 1.165) is 11.8 Å². The highest BCUT2D eigenvalue weighted by Gasteiger charge is 2.16. The number of carbonyl (C=O) groups is 1. The van der Waals surface area contributed by atoms with Crippen LogP contribution in [-0.4, -0.2) is 20.6 Å². The lowest BCUT2D eigenvalue weighted by atomic mass is 10.1. The molecule has 3 aromatic rings. The minimum atomic E-state index is -3.26. The van der Waals surface area contributed by atoms with Crippen molar-refractivity contribution < 1.29 is 22.0 Å². The van der Waals surface area contributed by atoms with Gasteiger partial charge in [0.05, 0.1) is 10.9 Å². The molecule has 0 saturated carbocycles. The molecule has 1 aromatic heterocycles. The molecular formula is C20H18FNO4S. The predicted octanol–water partition coefficient (Wildman–Crippen LogP) is 3.98. The van der Waals surface area contributed by atoms with Gasteiger partial charge < -0.3 is 9.73 Å². The van der Waals surface area contributed by atoms with Crippen molar-refractivity contribution >= 4 is 15.7 Å². The second-order valence-electron chi connectivity index (χ2n) is 6.21. The van der Waals surface area contributed by atoms with Crippen LogP contribution in [-0.2, 0) is 9.84 Å². The zero-order valence-corrected chi connectivity index (χ0v) is 15.6. The minimum Gasteiger partial charge on any atom is -0.451 e. The third-order valence-electron chi connectivity index (χ3n) is 4.11. The van der Waals surface area contributed by atoms with Gasteiger partial charge in [0.15, 0.2) is 15.6 Å². The monoisotopic (exact) mass is 387 g/mol. The van der Waals surface area contributed by atoms with Crippen LogP contribution < -0.4 is 5.32 Å². The second kappa shape index (κ2) is 7.36. The molecule has 0 bridgehead atoms. The van der Waals surface area contributed by atoms with Gasteiger partial charge >= 0.3 is 0 Å². The molecule has 140 valence electrons. The third kappa shape index (κ3) is 4.43. The van der Waals surface area contributed by atoms with Crippen LogP contribution in [0.1, 0.15) is 29.1 Å². The molecule has 0 radical (unpaired) electrons. The number of hydrogen-bond donors (Lipinski definition) is 1. The van der Waals surface area contributed by atoms with Crippen LogP contribution in [0.15, 0.2) is 70.0 Å². The van der Waals surface area contributed by atoms with Gasteiger partial charge in [-0.15, -0.1) is 0 Å². The Balaban J connectivity index is 1.71. The molecule has 0 aliphatic rings. The average Bonchev–Trinajstić information content (AvgIpc) is 3.12. The Labute approximate surface area is 156 Å². The highest BCUT2D eigenvalue weighted by atomic mass is 32.2. The number of rotatable bonds is 5.